The van der Waals surface area contributed by atoms with Gasteiger partial charge in [-0.3, -0.25) is 0 Å². The van der Waals surface area contributed by atoms with Gasteiger partial charge in [-0.15, -0.1) is 10.2 Å². The smallest absolute Gasteiger partial charge is 0.163 e. The SMILES string of the molecule is N#Cc1ccc(NC2CCC(N3CCCCC3)CC2)nn1. The average molecular weight is 285 g/mol. The predicted octanol–water partition coefficient (Wildman–Crippen LogP) is 2.56. The van der Waals surface area contributed by atoms with Crippen LogP contribution in [0, 0.1) is 11.3 Å². The van der Waals surface area contributed by atoms with Gasteiger partial charge in [0, 0.05) is 12.1 Å². The standard InChI is InChI=1S/C16H23N5/c17-12-14-6-9-16(20-19-14)18-13-4-7-15(8-5-13)21-10-2-1-3-11-21/h6,9,13,15H,1-5,7-8,10-11H2,(H,18,20). The molecule has 1 N–H and O–H groups in total. The molecule has 5 nitrogen and oxygen atoms in total. The number of rotatable bonds is 3. The number of hydrogen-bond donors (Lipinski definition) is 1. The Morgan fingerprint density at radius 3 is 2.43 bits per heavy atom. The Bertz CT molecular complexity index is 478. The molecule has 1 saturated carbocycles. The van der Waals surface area contributed by atoms with Gasteiger partial charge in [0.15, 0.2) is 5.69 Å². The van der Waals surface area contributed by atoms with Crippen LogP contribution in [0.5, 0.6) is 0 Å². The lowest BCUT2D eigenvalue weighted by atomic mass is 9.89. The molecule has 0 amide bonds. The van der Waals surface area contributed by atoms with Gasteiger partial charge in [0.2, 0.25) is 0 Å². The largest absolute Gasteiger partial charge is 0.366 e. The first kappa shape index (κ1) is 14.3. The number of nitriles is 1. The third-order valence-corrected chi connectivity index (χ3v) is 4.73. The molecule has 0 radical (unpaired) electrons. The van der Waals surface area contributed by atoms with Gasteiger partial charge in [0.05, 0.1) is 0 Å². The molecule has 1 aromatic heterocycles. The fraction of sp³-hybridized carbons (Fsp3) is 0.688. The zero-order valence-corrected chi connectivity index (χ0v) is 12.5. The van der Waals surface area contributed by atoms with Crippen LogP contribution in [0.2, 0.25) is 0 Å². The Balaban J connectivity index is 1.47. The second kappa shape index (κ2) is 6.86. The lowest BCUT2D eigenvalue weighted by Gasteiger charge is -2.39. The number of likely N-dealkylation sites (tertiary alicyclic amines) is 1. The molecule has 1 aliphatic carbocycles. The summed E-state index contributed by atoms with van der Waals surface area (Å²) in [7, 11) is 0. The molecule has 2 aliphatic rings. The highest BCUT2D eigenvalue weighted by Crippen LogP contribution is 2.27. The second-order valence-corrected chi connectivity index (χ2v) is 6.16. The van der Waals surface area contributed by atoms with Crippen molar-refractivity contribution in [3.8, 4) is 6.07 Å². The summed E-state index contributed by atoms with van der Waals surface area (Å²) in [6.45, 7) is 2.59. The van der Waals surface area contributed by atoms with Gasteiger partial charge in [-0.05, 0) is 63.7 Å². The molecule has 0 atom stereocenters. The summed E-state index contributed by atoms with van der Waals surface area (Å²) in [5.74, 6) is 0.787. The normalized spacial score (nSPS) is 27.0. The first-order valence-corrected chi connectivity index (χ1v) is 8.09. The summed E-state index contributed by atoms with van der Waals surface area (Å²) in [6, 6.07) is 6.84. The Hall–Kier alpha value is -1.67. The van der Waals surface area contributed by atoms with E-state index in [2.05, 4.69) is 20.4 Å². The number of hydrogen-bond acceptors (Lipinski definition) is 5. The van der Waals surface area contributed by atoms with Crippen LogP contribution in [-0.2, 0) is 0 Å². The molecule has 0 aromatic carbocycles. The van der Waals surface area contributed by atoms with Crippen LogP contribution in [0.1, 0.15) is 50.6 Å². The van der Waals surface area contributed by atoms with Crippen LogP contribution < -0.4 is 5.32 Å². The van der Waals surface area contributed by atoms with Gasteiger partial charge in [0.1, 0.15) is 11.9 Å². The zero-order valence-electron chi connectivity index (χ0n) is 12.5. The molecule has 5 heteroatoms. The summed E-state index contributed by atoms with van der Waals surface area (Å²) < 4.78 is 0. The van der Waals surface area contributed by atoms with E-state index in [4.69, 9.17) is 5.26 Å². The Kier molecular flexibility index (Phi) is 4.66. The van der Waals surface area contributed by atoms with Crippen molar-refractivity contribution < 1.29 is 0 Å². The van der Waals surface area contributed by atoms with Gasteiger partial charge in [-0.25, -0.2) is 0 Å². The predicted molar refractivity (Wildman–Crippen MR) is 81.8 cm³/mol. The Morgan fingerprint density at radius 1 is 1.05 bits per heavy atom. The maximum atomic E-state index is 8.73. The van der Waals surface area contributed by atoms with Crippen LogP contribution in [0.4, 0.5) is 5.82 Å². The highest BCUT2D eigenvalue weighted by atomic mass is 15.2. The quantitative estimate of drug-likeness (QED) is 0.924. The molecule has 2 fully saturated rings. The van der Waals surface area contributed by atoms with E-state index in [9.17, 15) is 0 Å². The lowest BCUT2D eigenvalue weighted by Crippen LogP contribution is -2.43. The molecule has 0 unspecified atom stereocenters. The summed E-state index contributed by atoms with van der Waals surface area (Å²) >= 11 is 0. The number of nitrogens with one attached hydrogen (secondary N) is 1. The molecule has 3 rings (SSSR count). The monoisotopic (exact) mass is 285 g/mol. The van der Waals surface area contributed by atoms with Crippen LogP contribution in [0.15, 0.2) is 12.1 Å². The molecule has 1 aromatic rings. The molecule has 1 saturated heterocycles. The van der Waals surface area contributed by atoms with Crippen LogP contribution in [0.3, 0.4) is 0 Å². The minimum atomic E-state index is 0.370. The summed E-state index contributed by atoms with van der Waals surface area (Å²) in [6.07, 6.45) is 9.11. The molecule has 21 heavy (non-hydrogen) atoms. The van der Waals surface area contributed by atoms with Gasteiger partial charge in [0.25, 0.3) is 0 Å². The maximum absolute atomic E-state index is 8.73. The summed E-state index contributed by atoms with van der Waals surface area (Å²) in [5.41, 5.74) is 0.370. The first-order valence-electron chi connectivity index (χ1n) is 8.09. The third kappa shape index (κ3) is 3.70. The van der Waals surface area contributed by atoms with Crippen molar-refractivity contribution in [2.45, 2.75) is 57.0 Å². The minimum Gasteiger partial charge on any atom is -0.366 e. The van der Waals surface area contributed by atoms with E-state index >= 15 is 0 Å². The van der Waals surface area contributed by atoms with Crippen LogP contribution in [-0.4, -0.2) is 40.3 Å². The molecular formula is C16H23N5. The highest BCUT2D eigenvalue weighted by molar-refractivity contribution is 5.36. The molecule has 0 bridgehead atoms. The van der Waals surface area contributed by atoms with Gasteiger partial charge in [-0.1, -0.05) is 6.42 Å². The summed E-state index contributed by atoms with van der Waals surface area (Å²) in [5, 5.41) is 20.1. The average Bonchev–Trinajstić information content (AvgIpc) is 2.57. The van der Waals surface area contributed by atoms with E-state index in [-0.39, 0.29) is 0 Å². The zero-order chi connectivity index (χ0) is 14.5. The maximum Gasteiger partial charge on any atom is 0.163 e. The number of anilines is 1. The minimum absolute atomic E-state index is 0.370. The van der Waals surface area contributed by atoms with Gasteiger partial charge in [-0.2, -0.15) is 5.26 Å². The Morgan fingerprint density at radius 2 is 1.81 bits per heavy atom. The lowest BCUT2D eigenvalue weighted by molar-refractivity contribution is 0.127. The van der Waals surface area contributed by atoms with Crippen molar-refractivity contribution in [3.63, 3.8) is 0 Å². The van der Waals surface area contributed by atoms with Crippen molar-refractivity contribution in [2.24, 2.45) is 0 Å². The number of piperidine rings is 1. The van der Waals surface area contributed by atoms with Crippen molar-refractivity contribution in [1.29, 1.82) is 5.26 Å². The van der Waals surface area contributed by atoms with E-state index in [0.717, 1.165) is 11.9 Å². The number of nitrogens with zero attached hydrogens (tertiary/aromatic N) is 4. The molecule has 112 valence electrons. The third-order valence-electron chi connectivity index (χ3n) is 4.73. The number of aromatic nitrogens is 2. The molecule has 1 aliphatic heterocycles. The second-order valence-electron chi connectivity index (χ2n) is 6.16. The van der Waals surface area contributed by atoms with Crippen molar-refractivity contribution in [2.75, 3.05) is 18.4 Å². The molecular weight excluding hydrogens is 262 g/mol. The van der Waals surface area contributed by atoms with E-state index in [1.165, 1.54) is 58.0 Å². The van der Waals surface area contributed by atoms with E-state index in [0.29, 0.717) is 11.7 Å². The van der Waals surface area contributed by atoms with Crippen molar-refractivity contribution in [3.05, 3.63) is 17.8 Å². The van der Waals surface area contributed by atoms with E-state index < -0.39 is 0 Å². The molecule has 2 heterocycles. The van der Waals surface area contributed by atoms with Crippen molar-refractivity contribution in [1.82, 2.24) is 15.1 Å². The van der Waals surface area contributed by atoms with Crippen molar-refractivity contribution >= 4 is 5.82 Å². The fourth-order valence-electron chi connectivity index (χ4n) is 3.55. The summed E-state index contributed by atoms with van der Waals surface area (Å²) in [4.78, 5) is 2.70. The first-order chi connectivity index (χ1) is 10.3. The van der Waals surface area contributed by atoms with Gasteiger partial charge >= 0.3 is 0 Å². The Labute approximate surface area is 126 Å². The van der Waals surface area contributed by atoms with E-state index in [1.54, 1.807) is 6.07 Å². The molecule has 0 spiro atoms. The fourth-order valence-corrected chi connectivity index (χ4v) is 3.55. The topological polar surface area (TPSA) is 64.8 Å². The highest BCUT2D eigenvalue weighted by Gasteiger charge is 2.26. The van der Waals surface area contributed by atoms with Gasteiger partial charge < -0.3 is 10.2 Å². The van der Waals surface area contributed by atoms with E-state index in [1.807, 2.05) is 12.1 Å². The van der Waals surface area contributed by atoms with Crippen LogP contribution in [0.25, 0.3) is 0 Å². The van der Waals surface area contributed by atoms with Crippen LogP contribution >= 0.6 is 0 Å².